The molecule has 0 spiro atoms. The number of nitrogens with one attached hydrogen (secondary N) is 2. The lowest BCUT2D eigenvalue weighted by Gasteiger charge is -2.07. The van der Waals surface area contributed by atoms with Gasteiger partial charge in [-0.25, -0.2) is 4.39 Å². The summed E-state index contributed by atoms with van der Waals surface area (Å²) in [7, 11) is 0. The molecular formula is C18H16ClFN4OS2. The van der Waals surface area contributed by atoms with Gasteiger partial charge in [-0.1, -0.05) is 59.0 Å². The molecule has 0 unspecified atom stereocenters. The van der Waals surface area contributed by atoms with Gasteiger partial charge in [0.15, 0.2) is 4.34 Å². The van der Waals surface area contributed by atoms with Crippen LogP contribution in [0.5, 0.6) is 0 Å². The number of hydrogen-bond acceptors (Lipinski definition) is 6. The highest BCUT2D eigenvalue weighted by molar-refractivity contribution is 8.01. The van der Waals surface area contributed by atoms with Crippen molar-refractivity contribution < 1.29 is 9.18 Å². The van der Waals surface area contributed by atoms with Crippen LogP contribution in [0.3, 0.4) is 0 Å². The number of amides is 1. The van der Waals surface area contributed by atoms with Crippen LogP contribution in [0.25, 0.3) is 0 Å². The quantitative estimate of drug-likeness (QED) is 0.536. The van der Waals surface area contributed by atoms with Gasteiger partial charge in [0.05, 0.1) is 5.75 Å². The second-order valence-corrected chi connectivity index (χ2v) is 8.17. The van der Waals surface area contributed by atoms with Gasteiger partial charge < -0.3 is 10.6 Å². The third-order valence-corrected chi connectivity index (χ3v) is 6.06. The third kappa shape index (κ3) is 5.41. The average Bonchev–Trinajstić information content (AvgIpc) is 3.10. The van der Waals surface area contributed by atoms with Gasteiger partial charge in [-0.15, -0.1) is 10.2 Å². The molecular weight excluding hydrogens is 407 g/mol. The number of aromatic nitrogens is 2. The fraction of sp³-hybridized carbons (Fsp3) is 0.167. The molecule has 3 rings (SSSR count). The summed E-state index contributed by atoms with van der Waals surface area (Å²) in [4.78, 5) is 12.0. The molecule has 1 amide bonds. The van der Waals surface area contributed by atoms with Crippen LogP contribution in [0.15, 0.2) is 46.8 Å². The highest BCUT2D eigenvalue weighted by Gasteiger charge is 2.10. The Balaban J connectivity index is 1.50. The Hall–Kier alpha value is -2.16. The SMILES string of the molecule is Cc1c(Cl)cccc1Nc1nnc(SCC(=O)NCc2ccccc2F)s1. The fourth-order valence-corrected chi connectivity index (χ4v) is 3.96. The molecule has 0 atom stereocenters. The molecule has 27 heavy (non-hydrogen) atoms. The molecule has 0 bridgehead atoms. The third-order valence-electron chi connectivity index (χ3n) is 3.68. The number of hydrogen-bond donors (Lipinski definition) is 2. The summed E-state index contributed by atoms with van der Waals surface area (Å²) >= 11 is 8.74. The van der Waals surface area contributed by atoms with Crippen LogP contribution < -0.4 is 10.6 Å². The van der Waals surface area contributed by atoms with Crippen LogP contribution in [0.1, 0.15) is 11.1 Å². The van der Waals surface area contributed by atoms with Gasteiger partial charge in [0.2, 0.25) is 11.0 Å². The number of anilines is 2. The highest BCUT2D eigenvalue weighted by atomic mass is 35.5. The number of rotatable bonds is 7. The minimum atomic E-state index is -0.332. The average molecular weight is 423 g/mol. The lowest BCUT2D eigenvalue weighted by molar-refractivity contribution is -0.118. The summed E-state index contributed by atoms with van der Waals surface area (Å²) < 4.78 is 14.2. The first-order valence-corrected chi connectivity index (χ1v) is 10.2. The summed E-state index contributed by atoms with van der Waals surface area (Å²) in [6.07, 6.45) is 0. The van der Waals surface area contributed by atoms with E-state index >= 15 is 0 Å². The standard InChI is InChI=1S/C18H16ClFN4OS2/c1-11-13(19)6-4-8-15(11)22-17-23-24-18(27-17)26-10-16(25)21-9-12-5-2-3-7-14(12)20/h2-8H,9-10H2,1H3,(H,21,25)(H,22,23). The molecule has 3 aromatic rings. The van der Waals surface area contributed by atoms with E-state index in [9.17, 15) is 9.18 Å². The van der Waals surface area contributed by atoms with E-state index in [1.807, 2.05) is 25.1 Å². The molecule has 140 valence electrons. The predicted octanol–water partition coefficient (Wildman–Crippen LogP) is 4.79. The van der Waals surface area contributed by atoms with Gasteiger partial charge in [-0.2, -0.15) is 0 Å². The minimum Gasteiger partial charge on any atom is -0.351 e. The molecule has 0 fully saturated rings. The van der Waals surface area contributed by atoms with Crippen molar-refractivity contribution in [1.29, 1.82) is 0 Å². The highest BCUT2D eigenvalue weighted by Crippen LogP contribution is 2.30. The van der Waals surface area contributed by atoms with Crippen LogP contribution in [0.2, 0.25) is 5.02 Å². The van der Waals surface area contributed by atoms with Crippen LogP contribution in [0, 0.1) is 12.7 Å². The Morgan fingerprint density at radius 1 is 1.22 bits per heavy atom. The molecule has 1 heterocycles. The smallest absolute Gasteiger partial charge is 0.230 e. The second kappa shape index (κ2) is 9.16. The van der Waals surface area contributed by atoms with Gasteiger partial charge in [-0.05, 0) is 30.7 Å². The molecule has 9 heteroatoms. The van der Waals surface area contributed by atoms with Crippen LogP contribution >= 0.6 is 34.7 Å². The Kier molecular flexibility index (Phi) is 6.65. The van der Waals surface area contributed by atoms with Crippen LogP contribution in [-0.2, 0) is 11.3 Å². The van der Waals surface area contributed by atoms with Gasteiger partial charge in [0.1, 0.15) is 5.82 Å². The van der Waals surface area contributed by atoms with Gasteiger partial charge in [-0.3, -0.25) is 4.79 Å². The van der Waals surface area contributed by atoms with Crippen molar-refractivity contribution >= 4 is 51.4 Å². The van der Waals surface area contributed by atoms with E-state index in [1.54, 1.807) is 18.2 Å². The minimum absolute atomic E-state index is 0.156. The normalized spacial score (nSPS) is 10.6. The molecule has 0 saturated heterocycles. The summed E-state index contributed by atoms with van der Waals surface area (Å²) in [6.45, 7) is 2.07. The summed E-state index contributed by atoms with van der Waals surface area (Å²) in [5, 5.41) is 15.3. The first-order chi connectivity index (χ1) is 13.0. The van der Waals surface area contributed by atoms with E-state index in [0.29, 0.717) is 20.1 Å². The maximum absolute atomic E-state index is 13.5. The van der Waals surface area contributed by atoms with E-state index in [4.69, 9.17) is 11.6 Å². The van der Waals surface area contributed by atoms with Crippen molar-refractivity contribution in [3.05, 3.63) is 64.4 Å². The summed E-state index contributed by atoms with van der Waals surface area (Å²) in [5.74, 6) is -0.348. The molecule has 2 N–H and O–H groups in total. The molecule has 0 saturated carbocycles. The van der Waals surface area contributed by atoms with E-state index in [-0.39, 0.29) is 24.0 Å². The lowest BCUT2D eigenvalue weighted by Crippen LogP contribution is -2.24. The fourth-order valence-electron chi connectivity index (χ4n) is 2.19. The first kappa shape index (κ1) is 19.6. The van der Waals surface area contributed by atoms with E-state index in [1.165, 1.54) is 29.2 Å². The zero-order chi connectivity index (χ0) is 19.2. The van der Waals surface area contributed by atoms with Gasteiger partial charge >= 0.3 is 0 Å². The van der Waals surface area contributed by atoms with Crippen LogP contribution in [0.4, 0.5) is 15.2 Å². The number of thioether (sulfide) groups is 1. The van der Waals surface area contributed by atoms with E-state index in [2.05, 4.69) is 20.8 Å². The second-order valence-electron chi connectivity index (χ2n) is 5.57. The molecule has 5 nitrogen and oxygen atoms in total. The number of carbonyl (C=O) groups excluding carboxylic acids is 1. The zero-order valence-electron chi connectivity index (χ0n) is 14.3. The van der Waals surface area contributed by atoms with Gasteiger partial charge in [0, 0.05) is 22.8 Å². The van der Waals surface area contributed by atoms with Crippen molar-refractivity contribution in [2.75, 3.05) is 11.1 Å². The first-order valence-electron chi connectivity index (χ1n) is 8.01. The molecule has 0 aliphatic carbocycles. The van der Waals surface area contributed by atoms with E-state index in [0.717, 1.165) is 11.3 Å². The van der Waals surface area contributed by atoms with Crippen molar-refractivity contribution in [2.45, 2.75) is 17.8 Å². The number of nitrogens with zero attached hydrogens (tertiary/aromatic N) is 2. The maximum atomic E-state index is 13.5. The Bertz CT molecular complexity index is 951. The molecule has 1 aromatic heterocycles. The number of halogens is 2. The summed E-state index contributed by atoms with van der Waals surface area (Å²) in [5.41, 5.74) is 2.24. The van der Waals surface area contributed by atoms with Gasteiger partial charge in [0.25, 0.3) is 0 Å². The lowest BCUT2D eigenvalue weighted by atomic mass is 10.2. The summed E-state index contributed by atoms with van der Waals surface area (Å²) in [6, 6.07) is 11.9. The Labute approximate surface area is 169 Å². The molecule has 0 radical (unpaired) electrons. The van der Waals surface area contributed by atoms with Crippen molar-refractivity contribution in [2.24, 2.45) is 0 Å². The number of carbonyl (C=O) groups is 1. The number of benzene rings is 2. The largest absolute Gasteiger partial charge is 0.351 e. The molecule has 0 aliphatic rings. The Morgan fingerprint density at radius 3 is 2.85 bits per heavy atom. The topological polar surface area (TPSA) is 66.9 Å². The van der Waals surface area contributed by atoms with Crippen molar-refractivity contribution in [3.8, 4) is 0 Å². The van der Waals surface area contributed by atoms with Crippen LogP contribution in [-0.4, -0.2) is 21.9 Å². The molecule has 2 aromatic carbocycles. The molecule has 0 aliphatic heterocycles. The zero-order valence-corrected chi connectivity index (χ0v) is 16.7. The predicted molar refractivity (Wildman–Crippen MR) is 108 cm³/mol. The van der Waals surface area contributed by atoms with Crippen molar-refractivity contribution in [3.63, 3.8) is 0 Å². The van der Waals surface area contributed by atoms with Crippen molar-refractivity contribution in [1.82, 2.24) is 15.5 Å². The Morgan fingerprint density at radius 2 is 2.04 bits per heavy atom. The van der Waals surface area contributed by atoms with E-state index < -0.39 is 0 Å². The maximum Gasteiger partial charge on any atom is 0.230 e. The monoisotopic (exact) mass is 422 g/mol.